The van der Waals surface area contributed by atoms with Crippen molar-refractivity contribution >= 4 is 60.9 Å². The second kappa shape index (κ2) is 88.0. The molecule has 0 rings (SSSR count). The topological polar surface area (TPSA) is 351 Å². The minimum atomic E-state index is -5.17. The first kappa shape index (κ1) is 73.4. The van der Waals surface area contributed by atoms with Crippen molar-refractivity contribution in [2.75, 3.05) is 0 Å². The van der Waals surface area contributed by atoms with Crippen LogP contribution < -0.4 is 18.5 Å². The summed E-state index contributed by atoms with van der Waals surface area (Å²) < 4.78 is 34.1. The first-order valence-electron chi connectivity index (χ1n) is 2.93. The molecule has 0 aliphatic heterocycles. The van der Waals surface area contributed by atoms with E-state index >= 15 is 0 Å². The number of nitriles is 4. The molecule has 0 spiro atoms. The van der Waals surface area contributed by atoms with Crippen LogP contribution in [0.4, 0.5) is 0 Å². The number of thiocyanates is 4. The first-order valence-corrected chi connectivity index (χ1v) is 5.89. The molecule has 0 fully saturated rings. The summed E-state index contributed by atoms with van der Waals surface area (Å²) in [6.07, 6.45) is 0. The minimum Gasteiger partial charge on any atom is -0.759 e. The molecular formula is C4H12AgFeN8O7S5. The molecule has 22 heteroatoms. The molecule has 0 saturated heterocycles. The zero-order chi connectivity index (χ0) is 18.9. The number of quaternary nitrogens is 3. The Bertz CT molecular complexity index is 425. The Morgan fingerprint density at radius 2 is 0.731 bits per heavy atom. The van der Waals surface area contributed by atoms with E-state index in [1.165, 1.54) is 21.6 Å². The van der Waals surface area contributed by atoms with E-state index in [4.69, 9.17) is 53.9 Å². The fourth-order valence-corrected chi connectivity index (χ4v) is 0. The standard InChI is InChI=1S/4CHNS.Ag.Fe.NO3.3H3N.H2O4S/c4*2-1-3;;;2-1(3)4;;;;1-5(2,3)4/h4*3H;;;;3*1H3;(H2,1,2,3,4)/q;;;;+1;+3;-1;;;;/p-3. The molecule has 0 atom stereocenters. The second-order valence-corrected chi connectivity index (χ2v) is 2.54. The van der Waals surface area contributed by atoms with Gasteiger partial charge < -0.3 is 93.4 Å². The van der Waals surface area contributed by atoms with Gasteiger partial charge in [0.2, 0.25) is 0 Å². The monoisotopic (exact) mass is 607 g/mol. The maximum atomic E-state index is 8.52. The Kier molecular flexibility index (Phi) is 248. The Morgan fingerprint density at radius 1 is 0.731 bits per heavy atom. The molecule has 26 heavy (non-hydrogen) atoms. The summed E-state index contributed by atoms with van der Waals surface area (Å²) >= 11 is 14.8. The van der Waals surface area contributed by atoms with Crippen LogP contribution in [0.3, 0.4) is 0 Å². The van der Waals surface area contributed by atoms with Crippen molar-refractivity contribution in [2.45, 2.75) is 0 Å². The molecule has 0 heterocycles. The van der Waals surface area contributed by atoms with Crippen molar-refractivity contribution in [2.24, 2.45) is 0 Å². The molecule has 1 radical (unpaired) electrons. The van der Waals surface area contributed by atoms with Crippen LogP contribution in [-0.4, -0.2) is 22.6 Å². The number of hydrogen-bond donors (Lipinski definition) is 3. The normalized spacial score (nSPS) is 4.23. The molecule has 0 aromatic rings. The Balaban J connectivity index is -0.0000000112. The Hall–Kier alpha value is -0.950. The van der Waals surface area contributed by atoms with E-state index in [2.05, 4.69) is 50.5 Å². The Morgan fingerprint density at radius 3 is 0.731 bits per heavy atom. The van der Waals surface area contributed by atoms with E-state index in [1.807, 2.05) is 0 Å². The smallest absolute Gasteiger partial charge is 0.759 e. The van der Waals surface area contributed by atoms with Gasteiger partial charge in [-0.1, -0.05) is 21.6 Å². The van der Waals surface area contributed by atoms with Gasteiger partial charge in [-0.2, -0.15) is 0 Å². The van der Waals surface area contributed by atoms with Crippen LogP contribution in [0.1, 0.15) is 0 Å². The average molecular weight is 608 g/mol. The maximum absolute atomic E-state index is 8.52. The second-order valence-electron chi connectivity index (χ2n) is 0.997. The molecule has 0 amide bonds. The number of hydrogen-bond acceptors (Lipinski definition) is 15. The summed E-state index contributed by atoms with van der Waals surface area (Å²) in [6, 6.07) is 0. The van der Waals surface area contributed by atoms with Crippen LogP contribution in [0.5, 0.6) is 0 Å². The average Bonchev–Trinajstić information content (AvgIpc) is 2.17. The van der Waals surface area contributed by atoms with Crippen molar-refractivity contribution in [3.63, 3.8) is 0 Å². The van der Waals surface area contributed by atoms with Crippen molar-refractivity contribution in [1.29, 1.82) is 21.0 Å². The van der Waals surface area contributed by atoms with E-state index in [9.17, 15) is 0 Å². The first-order chi connectivity index (χ1) is 9.39. The zero-order valence-corrected chi connectivity index (χ0v) is 19.5. The minimum absolute atomic E-state index is 0. The fourth-order valence-electron chi connectivity index (χ4n) is 0. The van der Waals surface area contributed by atoms with E-state index in [0.717, 1.165) is 0 Å². The van der Waals surface area contributed by atoms with Gasteiger partial charge in [0.15, 0.2) is 0 Å². The summed E-state index contributed by atoms with van der Waals surface area (Å²) in [7, 11) is -5.17. The molecule has 0 saturated carbocycles. The van der Waals surface area contributed by atoms with Crippen LogP contribution >= 0.6 is 0 Å². The molecule has 15 nitrogen and oxygen atoms in total. The van der Waals surface area contributed by atoms with Gasteiger partial charge in [0.1, 0.15) is 0 Å². The van der Waals surface area contributed by atoms with E-state index in [1.54, 1.807) is 0 Å². The Labute approximate surface area is 198 Å². The van der Waals surface area contributed by atoms with Crippen LogP contribution in [0, 0.1) is 58.0 Å². The summed E-state index contributed by atoms with van der Waals surface area (Å²) in [4.78, 5) is 8.25. The number of rotatable bonds is 0. The van der Waals surface area contributed by atoms with Gasteiger partial charge in [0, 0.05) is 10.4 Å². The molecular weight excluding hydrogens is 596 g/mol. The summed E-state index contributed by atoms with van der Waals surface area (Å²) in [5, 5.41) is 48.6. The van der Waals surface area contributed by atoms with Crippen molar-refractivity contribution in [3.05, 3.63) is 15.3 Å². The van der Waals surface area contributed by atoms with Crippen LogP contribution in [-0.2, 0) is 100 Å². The van der Waals surface area contributed by atoms with Crippen molar-refractivity contribution < 1.29 is 62.1 Å². The van der Waals surface area contributed by atoms with E-state index in [0.29, 0.717) is 0 Å². The largest absolute Gasteiger partial charge is 3.00 e. The van der Waals surface area contributed by atoms with Gasteiger partial charge in [0.25, 0.3) is 0 Å². The van der Waals surface area contributed by atoms with Gasteiger partial charge in [-0.3, -0.25) is 8.42 Å². The third-order valence-corrected chi connectivity index (χ3v) is 0. The quantitative estimate of drug-likeness (QED) is 0.0599. The predicted octanol–water partition coefficient (Wildman–Crippen LogP) is -0.396. The molecule has 12 N–H and O–H groups in total. The van der Waals surface area contributed by atoms with Crippen molar-refractivity contribution in [1.82, 2.24) is 18.5 Å². The molecule has 0 aliphatic rings. The molecule has 0 aliphatic carbocycles. The number of nitrogens with zero attached hydrogens (tertiary/aromatic N) is 5. The van der Waals surface area contributed by atoms with Gasteiger partial charge in [-0.25, -0.2) is 21.0 Å². The van der Waals surface area contributed by atoms with Crippen LogP contribution in [0.15, 0.2) is 0 Å². The molecule has 0 unspecified atom stereocenters. The van der Waals surface area contributed by atoms with Gasteiger partial charge >= 0.3 is 39.4 Å². The predicted molar refractivity (Wildman–Crippen MR) is 90.7 cm³/mol. The summed E-state index contributed by atoms with van der Waals surface area (Å²) in [5.41, 5.74) is 0. The molecule has 0 aromatic carbocycles. The summed E-state index contributed by atoms with van der Waals surface area (Å²) in [5.74, 6) is 0. The van der Waals surface area contributed by atoms with Crippen molar-refractivity contribution in [3.8, 4) is 21.6 Å². The third-order valence-electron chi connectivity index (χ3n) is 0. The zero-order valence-electron chi connectivity index (χ0n) is 12.8. The van der Waals surface area contributed by atoms with Gasteiger partial charge in [-0.15, -0.1) is 0 Å². The fraction of sp³-hybridized carbons (Fsp3) is 0. The van der Waals surface area contributed by atoms with Gasteiger partial charge in [-0.05, 0) is 0 Å². The van der Waals surface area contributed by atoms with Gasteiger partial charge in [0.05, 0.1) is 5.09 Å². The molecule has 0 aromatic heterocycles. The van der Waals surface area contributed by atoms with Crippen LogP contribution in [0.2, 0.25) is 0 Å². The van der Waals surface area contributed by atoms with E-state index in [-0.39, 0.29) is 57.9 Å². The van der Waals surface area contributed by atoms with E-state index < -0.39 is 15.5 Å². The molecule has 0 bridgehead atoms. The maximum Gasteiger partial charge on any atom is 3.00 e. The summed E-state index contributed by atoms with van der Waals surface area (Å²) in [6.45, 7) is 0. The SMILES string of the molecule is N#C[S-].N#C[S-].N#C[S-].N#C[S-].O=S(=O)([O-])[O-].O=[N+]([O-])[O-].[Ag+].[Fe+3].[NH4+].[NH4+].[NH4+]. The molecule has 159 valence electrons. The third kappa shape index (κ3) is 12400. The van der Waals surface area contributed by atoms with Crippen LogP contribution in [0.25, 0.3) is 0 Å².